The zero-order chi connectivity index (χ0) is 12.5. The molecule has 1 aliphatic rings. The van der Waals surface area contributed by atoms with Crippen LogP contribution >= 0.6 is 0 Å². The molecule has 2 heterocycles. The molecule has 0 spiro atoms. The van der Waals surface area contributed by atoms with E-state index in [0.29, 0.717) is 6.04 Å². The fourth-order valence-corrected chi connectivity index (χ4v) is 2.68. The van der Waals surface area contributed by atoms with Crippen LogP contribution in [0, 0.1) is 0 Å². The molecule has 18 heavy (non-hydrogen) atoms. The van der Waals surface area contributed by atoms with E-state index in [0.717, 1.165) is 25.2 Å². The summed E-state index contributed by atoms with van der Waals surface area (Å²) in [6.07, 6.45) is 4.63. The van der Waals surface area contributed by atoms with Gasteiger partial charge in [0.05, 0.1) is 12.5 Å². The minimum absolute atomic E-state index is 0.372. The number of hydrogen-bond donors (Lipinski definition) is 1. The van der Waals surface area contributed by atoms with Gasteiger partial charge in [-0.15, -0.1) is 0 Å². The highest BCUT2D eigenvalue weighted by molar-refractivity contribution is 5.51. The van der Waals surface area contributed by atoms with Gasteiger partial charge in [0.1, 0.15) is 0 Å². The molecule has 2 N–H and O–H groups in total. The smallest absolute Gasteiger partial charge is 0.0950 e. The first-order valence-corrected chi connectivity index (χ1v) is 6.38. The van der Waals surface area contributed by atoms with Crippen LogP contribution in [-0.2, 0) is 13.0 Å². The number of fused-ring (bicyclic) bond motifs is 1. The van der Waals surface area contributed by atoms with Crippen LogP contribution in [0.3, 0.4) is 0 Å². The lowest BCUT2D eigenvalue weighted by Crippen LogP contribution is -2.33. The summed E-state index contributed by atoms with van der Waals surface area (Å²) in [5, 5.41) is 0. The average molecular weight is 242 g/mol. The van der Waals surface area contributed by atoms with Crippen LogP contribution in [-0.4, -0.2) is 11.4 Å². The molecule has 1 aromatic heterocycles. The molecule has 0 fully saturated rings. The highest BCUT2D eigenvalue weighted by atomic mass is 16.3. The Morgan fingerprint density at radius 2 is 2.22 bits per heavy atom. The standard InChI is InChI=1S/C15H18N2O/c1-11(13-6-8-18-10-13)17-7-5-12-3-2-4-15(16)14(12)9-17/h2-4,6,8,10-11H,5,7,9,16H2,1H3. The van der Waals surface area contributed by atoms with Crippen molar-refractivity contribution in [1.29, 1.82) is 0 Å². The number of rotatable bonds is 2. The summed E-state index contributed by atoms with van der Waals surface area (Å²) in [6.45, 7) is 4.21. The van der Waals surface area contributed by atoms with Gasteiger partial charge in [0.15, 0.2) is 0 Å². The maximum Gasteiger partial charge on any atom is 0.0950 e. The summed E-state index contributed by atoms with van der Waals surface area (Å²) >= 11 is 0. The van der Waals surface area contributed by atoms with Crippen LogP contribution in [0.1, 0.15) is 29.7 Å². The number of nitrogens with two attached hydrogens (primary N) is 1. The molecular weight excluding hydrogens is 224 g/mol. The van der Waals surface area contributed by atoms with Crippen LogP contribution < -0.4 is 5.73 Å². The van der Waals surface area contributed by atoms with Gasteiger partial charge in [-0.3, -0.25) is 4.90 Å². The van der Waals surface area contributed by atoms with Crippen molar-refractivity contribution in [2.45, 2.75) is 25.9 Å². The van der Waals surface area contributed by atoms with Crippen LogP contribution in [0.4, 0.5) is 5.69 Å². The Labute approximate surface area is 107 Å². The first-order chi connectivity index (χ1) is 8.75. The molecule has 1 aliphatic heterocycles. The first-order valence-electron chi connectivity index (χ1n) is 6.38. The van der Waals surface area contributed by atoms with E-state index in [1.54, 1.807) is 6.26 Å². The lowest BCUT2D eigenvalue weighted by atomic mass is 9.96. The topological polar surface area (TPSA) is 42.4 Å². The van der Waals surface area contributed by atoms with E-state index in [1.165, 1.54) is 16.7 Å². The van der Waals surface area contributed by atoms with E-state index >= 15 is 0 Å². The van der Waals surface area contributed by atoms with Crippen LogP contribution in [0.5, 0.6) is 0 Å². The van der Waals surface area contributed by atoms with Gasteiger partial charge in [0.2, 0.25) is 0 Å². The lowest BCUT2D eigenvalue weighted by molar-refractivity contribution is 0.192. The summed E-state index contributed by atoms with van der Waals surface area (Å²) < 4.78 is 5.17. The third-order valence-electron chi connectivity index (χ3n) is 3.91. The van der Waals surface area contributed by atoms with Crippen molar-refractivity contribution in [1.82, 2.24) is 4.90 Å². The van der Waals surface area contributed by atoms with Gasteiger partial charge in [-0.05, 0) is 36.6 Å². The van der Waals surface area contributed by atoms with Crippen molar-refractivity contribution < 1.29 is 4.42 Å². The van der Waals surface area contributed by atoms with Gasteiger partial charge in [0.25, 0.3) is 0 Å². The van der Waals surface area contributed by atoms with Crippen molar-refractivity contribution in [2.75, 3.05) is 12.3 Å². The van der Waals surface area contributed by atoms with E-state index in [9.17, 15) is 0 Å². The Bertz CT molecular complexity index is 533. The fourth-order valence-electron chi connectivity index (χ4n) is 2.68. The molecule has 0 saturated heterocycles. The summed E-state index contributed by atoms with van der Waals surface area (Å²) in [7, 11) is 0. The second-order valence-electron chi connectivity index (χ2n) is 4.94. The monoisotopic (exact) mass is 242 g/mol. The highest BCUT2D eigenvalue weighted by Gasteiger charge is 2.23. The second kappa shape index (κ2) is 4.50. The van der Waals surface area contributed by atoms with E-state index < -0.39 is 0 Å². The molecule has 3 rings (SSSR count). The Balaban J connectivity index is 1.84. The van der Waals surface area contributed by atoms with E-state index in [-0.39, 0.29) is 0 Å². The molecule has 1 unspecified atom stereocenters. The van der Waals surface area contributed by atoms with Crippen LogP contribution in [0.25, 0.3) is 0 Å². The zero-order valence-corrected chi connectivity index (χ0v) is 10.6. The third-order valence-corrected chi connectivity index (χ3v) is 3.91. The largest absolute Gasteiger partial charge is 0.472 e. The van der Waals surface area contributed by atoms with E-state index in [2.05, 4.69) is 17.9 Å². The van der Waals surface area contributed by atoms with Gasteiger partial charge in [-0.25, -0.2) is 0 Å². The maximum absolute atomic E-state index is 6.08. The summed E-state index contributed by atoms with van der Waals surface area (Å²) in [4.78, 5) is 2.45. The number of hydrogen-bond acceptors (Lipinski definition) is 3. The highest BCUT2D eigenvalue weighted by Crippen LogP contribution is 2.30. The van der Waals surface area contributed by atoms with Gasteiger partial charge in [-0.2, -0.15) is 0 Å². The molecule has 1 aromatic carbocycles. The number of benzene rings is 1. The third kappa shape index (κ3) is 1.91. The molecule has 94 valence electrons. The average Bonchev–Trinajstić information content (AvgIpc) is 2.92. The van der Waals surface area contributed by atoms with Crippen LogP contribution in [0.2, 0.25) is 0 Å². The predicted molar refractivity (Wildman–Crippen MR) is 72.1 cm³/mol. The number of anilines is 1. The minimum Gasteiger partial charge on any atom is -0.472 e. The fraction of sp³-hybridized carbons (Fsp3) is 0.333. The SMILES string of the molecule is CC(c1ccoc1)N1CCc2cccc(N)c2C1. The number of nitrogen functional groups attached to an aromatic ring is 1. The molecule has 3 nitrogen and oxygen atoms in total. The Morgan fingerprint density at radius 3 is 3.00 bits per heavy atom. The molecule has 0 bridgehead atoms. The summed E-state index contributed by atoms with van der Waals surface area (Å²) in [5.74, 6) is 0. The Hall–Kier alpha value is -1.74. The molecule has 3 heteroatoms. The maximum atomic E-state index is 6.08. The molecule has 1 atom stereocenters. The molecular formula is C15H18N2O. The zero-order valence-electron chi connectivity index (χ0n) is 10.6. The number of furan rings is 1. The minimum atomic E-state index is 0.372. The molecule has 2 aromatic rings. The van der Waals surface area contributed by atoms with E-state index in [4.69, 9.17) is 10.2 Å². The summed E-state index contributed by atoms with van der Waals surface area (Å²) in [5.41, 5.74) is 10.9. The normalized spacial score (nSPS) is 17.4. The summed E-state index contributed by atoms with van der Waals surface area (Å²) in [6, 6.07) is 8.63. The predicted octanol–water partition coefficient (Wildman–Crippen LogP) is 2.98. The van der Waals surface area contributed by atoms with Gasteiger partial charge < -0.3 is 10.2 Å². The quantitative estimate of drug-likeness (QED) is 0.823. The molecule has 0 saturated carbocycles. The van der Waals surface area contributed by atoms with Crippen molar-refractivity contribution in [3.05, 3.63) is 53.5 Å². The van der Waals surface area contributed by atoms with Crippen molar-refractivity contribution in [3.63, 3.8) is 0 Å². The Kier molecular flexibility index (Phi) is 2.84. The van der Waals surface area contributed by atoms with Crippen molar-refractivity contribution in [3.8, 4) is 0 Å². The molecule has 0 aliphatic carbocycles. The number of nitrogens with zero attached hydrogens (tertiary/aromatic N) is 1. The lowest BCUT2D eigenvalue weighted by Gasteiger charge is -2.33. The van der Waals surface area contributed by atoms with Crippen LogP contribution in [0.15, 0.2) is 41.2 Å². The van der Waals surface area contributed by atoms with Crippen molar-refractivity contribution in [2.24, 2.45) is 0 Å². The van der Waals surface area contributed by atoms with Crippen molar-refractivity contribution >= 4 is 5.69 Å². The second-order valence-corrected chi connectivity index (χ2v) is 4.94. The van der Waals surface area contributed by atoms with Gasteiger partial charge in [-0.1, -0.05) is 12.1 Å². The molecule has 0 radical (unpaired) electrons. The first kappa shape index (κ1) is 11.4. The van der Waals surface area contributed by atoms with E-state index in [1.807, 2.05) is 24.5 Å². The van der Waals surface area contributed by atoms with Gasteiger partial charge in [0, 0.05) is 30.4 Å². The Morgan fingerprint density at radius 1 is 1.33 bits per heavy atom. The molecule has 0 amide bonds. The van der Waals surface area contributed by atoms with Gasteiger partial charge >= 0.3 is 0 Å².